The van der Waals surface area contributed by atoms with Gasteiger partial charge in [0.05, 0.1) is 11.5 Å². The van der Waals surface area contributed by atoms with E-state index in [-0.39, 0.29) is 24.2 Å². The van der Waals surface area contributed by atoms with E-state index >= 15 is 0 Å². The minimum atomic E-state index is -0.801. The number of nitrogens with zero attached hydrogens (tertiary/aromatic N) is 1. The molecule has 0 radical (unpaired) electrons. The highest BCUT2D eigenvalue weighted by atomic mass is 16.7. The smallest absolute Gasteiger partial charge is 0.233 e. The van der Waals surface area contributed by atoms with Crippen LogP contribution in [0.15, 0.2) is 54.6 Å². The number of hydrogen-bond donors (Lipinski definition) is 2. The molecule has 2 unspecified atom stereocenters. The first-order valence-electron chi connectivity index (χ1n) is 10.6. The number of phenols is 1. The number of hydrogen-bond acceptors (Lipinski definition) is 4. The zero-order chi connectivity index (χ0) is 21.4. The minimum Gasteiger partial charge on any atom is -0.508 e. The lowest BCUT2D eigenvalue weighted by Crippen LogP contribution is -2.56. The quantitative estimate of drug-likeness (QED) is 0.438. The summed E-state index contributed by atoms with van der Waals surface area (Å²) in [6.07, 6.45) is 4.29. The monoisotopic (exact) mass is 410 g/mol. The number of phenolic OH excluding ortho intramolecular Hbond substituents is 1. The van der Waals surface area contributed by atoms with Gasteiger partial charge in [0.1, 0.15) is 12.4 Å². The number of benzene rings is 2. The van der Waals surface area contributed by atoms with Crippen molar-refractivity contribution in [2.24, 2.45) is 5.92 Å². The fourth-order valence-electron chi connectivity index (χ4n) is 4.27. The second-order valence-electron chi connectivity index (χ2n) is 7.87. The molecule has 2 aromatic carbocycles. The van der Waals surface area contributed by atoms with E-state index in [1.165, 1.54) is 5.06 Å². The lowest BCUT2D eigenvalue weighted by atomic mass is 9.74. The molecule has 1 fully saturated rings. The van der Waals surface area contributed by atoms with Crippen LogP contribution in [0.2, 0.25) is 0 Å². The Morgan fingerprint density at radius 3 is 2.50 bits per heavy atom. The number of amides is 2. The van der Waals surface area contributed by atoms with Gasteiger partial charge in [0.2, 0.25) is 12.3 Å². The van der Waals surface area contributed by atoms with Crippen LogP contribution < -0.4 is 5.32 Å². The second kappa shape index (κ2) is 10.3. The molecule has 2 atom stereocenters. The molecule has 1 heterocycles. The summed E-state index contributed by atoms with van der Waals surface area (Å²) in [7, 11) is 0. The Balaban J connectivity index is 1.96. The van der Waals surface area contributed by atoms with Crippen LogP contribution in [0.1, 0.15) is 43.7 Å². The van der Waals surface area contributed by atoms with Gasteiger partial charge in [0, 0.05) is 6.54 Å². The number of nitrogens with one attached hydrogen (secondary N) is 1. The third-order valence-electron chi connectivity index (χ3n) is 5.85. The predicted octanol–water partition coefficient (Wildman–Crippen LogP) is 3.59. The van der Waals surface area contributed by atoms with Crippen LogP contribution in [0, 0.1) is 5.92 Å². The highest BCUT2D eigenvalue weighted by molar-refractivity contribution is 5.82. The Hall–Kier alpha value is -2.86. The summed E-state index contributed by atoms with van der Waals surface area (Å²) < 4.78 is 0. The van der Waals surface area contributed by atoms with E-state index in [1.807, 2.05) is 42.5 Å². The number of rotatable bonds is 11. The van der Waals surface area contributed by atoms with Crippen LogP contribution in [-0.4, -0.2) is 34.6 Å². The number of aromatic hydroxyl groups is 1. The van der Waals surface area contributed by atoms with Crippen molar-refractivity contribution < 1.29 is 19.5 Å². The largest absolute Gasteiger partial charge is 0.508 e. The number of unbranched alkanes of at least 4 members (excludes halogenated alkanes) is 1. The molecule has 30 heavy (non-hydrogen) atoms. The van der Waals surface area contributed by atoms with Gasteiger partial charge >= 0.3 is 0 Å². The Morgan fingerprint density at radius 2 is 1.90 bits per heavy atom. The van der Waals surface area contributed by atoms with Crippen molar-refractivity contribution in [1.29, 1.82) is 0 Å². The van der Waals surface area contributed by atoms with Crippen molar-refractivity contribution in [2.45, 2.75) is 51.2 Å². The first-order chi connectivity index (χ1) is 14.6. The number of hydroxylamine groups is 2. The lowest BCUT2D eigenvalue weighted by Gasteiger charge is -2.44. The maximum absolute atomic E-state index is 12.8. The molecule has 3 rings (SSSR count). The molecule has 1 aliphatic heterocycles. The fourth-order valence-corrected chi connectivity index (χ4v) is 4.27. The van der Waals surface area contributed by atoms with E-state index in [9.17, 15) is 14.7 Å². The lowest BCUT2D eigenvalue weighted by molar-refractivity contribution is -0.228. The highest BCUT2D eigenvalue weighted by Gasteiger charge is 2.49. The molecule has 0 aromatic heterocycles. The van der Waals surface area contributed by atoms with Crippen LogP contribution in [-0.2, 0) is 27.5 Å². The fraction of sp³-hybridized carbons (Fsp3) is 0.417. The molecule has 0 aliphatic carbocycles. The van der Waals surface area contributed by atoms with Crippen molar-refractivity contribution in [3.8, 4) is 5.75 Å². The Labute approximate surface area is 177 Å². The molecule has 0 bridgehead atoms. The van der Waals surface area contributed by atoms with E-state index in [0.29, 0.717) is 32.2 Å². The summed E-state index contributed by atoms with van der Waals surface area (Å²) in [6.45, 7) is 2.94. The van der Waals surface area contributed by atoms with Crippen molar-refractivity contribution >= 4 is 12.3 Å². The Kier molecular flexibility index (Phi) is 7.46. The van der Waals surface area contributed by atoms with Gasteiger partial charge in [-0.1, -0.05) is 62.2 Å². The summed E-state index contributed by atoms with van der Waals surface area (Å²) in [4.78, 5) is 31.1. The topological polar surface area (TPSA) is 78.9 Å². The van der Waals surface area contributed by atoms with Crippen molar-refractivity contribution in [2.75, 3.05) is 6.54 Å². The van der Waals surface area contributed by atoms with Crippen LogP contribution in [0.3, 0.4) is 0 Å². The predicted molar refractivity (Wildman–Crippen MR) is 114 cm³/mol. The minimum absolute atomic E-state index is 0.0416. The molecule has 1 saturated heterocycles. The van der Waals surface area contributed by atoms with Gasteiger partial charge in [-0.15, -0.1) is 0 Å². The number of carbonyl (C=O) groups excluding carboxylic acids is 2. The normalized spacial score (nSPS) is 17.9. The van der Waals surface area contributed by atoms with E-state index < -0.39 is 5.54 Å². The molecule has 6 nitrogen and oxygen atoms in total. The third kappa shape index (κ3) is 5.00. The van der Waals surface area contributed by atoms with Gasteiger partial charge in [0.25, 0.3) is 0 Å². The van der Waals surface area contributed by atoms with Gasteiger partial charge < -0.3 is 10.4 Å². The van der Waals surface area contributed by atoms with E-state index in [4.69, 9.17) is 4.84 Å². The summed E-state index contributed by atoms with van der Waals surface area (Å²) in [5, 5.41) is 14.0. The summed E-state index contributed by atoms with van der Waals surface area (Å²) >= 11 is 0. The van der Waals surface area contributed by atoms with Crippen molar-refractivity contribution in [3.05, 3.63) is 65.7 Å². The summed E-state index contributed by atoms with van der Waals surface area (Å²) in [5.41, 5.74) is 1.09. The molecule has 2 amide bonds. The molecule has 2 aromatic rings. The summed E-state index contributed by atoms with van der Waals surface area (Å²) in [5.74, 6) is -0.219. The van der Waals surface area contributed by atoms with Gasteiger partial charge in [0.15, 0.2) is 0 Å². The van der Waals surface area contributed by atoms with E-state index in [2.05, 4.69) is 12.2 Å². The van der Waals surface area contributed by atoms with Crippen molar-refractivity contribution in [3.63, 3.8) is 0 Å². The maximum atomic E-state index is 12.8. The Morgan fingerprint density at radius 1 is 1.17 bits per heavy atom. The third-order valence-corrected chi connectivity index (χ3v) is 5.85. The van der Waals surface area contributed by atoms with Gasteiger partial charge in [-0.3, -0.25) is 14.4 Å². The zero-order valence-corrected chi connectivity index (χ0v) is 17.4. The summed E-state index contributed by atoms with van der Waals surface area (Å²) in [6, 6.07) is 16.6. The molecular formula is C24H30N2O4. The standard InChI is InChI=1S/C24H30N2O4/c1-2-3-14-24(22-13-15-25-23(22)29,16-19-9-11-21(28)12-10-19)26(18-27)30-17-20-7-5-4-6-8-20/h4-12,18,22,28H,2-3,13-17H2,1H3,(H,25,29). The van der Waals surface area contributed by atoms with Crippen LogP contribution in [0.4, 0.5) is 0 Å². The average molecular weight is 411 g/mol. The van der Waals surface area contributed by atoms with E-state index in [0.717, 1.165) is 24.0 Å². The first kappa shape index (κ1) is 21.8. The van der Waals surface area contributed by atoms with Gasteiger partial charge in [-0.05, 0) is 42.5 Å². The zero-order valence-electron chi connectivity index (χ0n) is 17.4. The molecule has 1 aliphatic rings. The second-order valence-corrected chi connectivity index (χ2v) is 7.87. The molecule has 6 heteroatoms. The number of carbonyl (C=O) groups is 2. The van der Waals surface area contributed by atoms with E-state index in [1.54, 1.807) is 12.1 Å². The van der Waals surface area contributed by atoms with Crippen molar-refractivity contribution in [1.82, 2.24) is 10.4 Å². The molecule has 2 N–H and O–H groups in total. The Bertz CT molecular complexity index is 825. The van der Waals surface area contributed by atoms with Crippen LogP contribution >= 0.6 is 0 Å². The average Bonchev–Trinajstić information content (AvgIpc) is 3.21. The highest BCUT2D eigenvalue weighted by Crippen LogP contribution is 2.38. The molecule has 160 valence electrons. The van der Waals surface area contributed by atoms with Crippen LogP contribution in [0.5, 0.6) is 5.75 Å². The molecule has 0 spiro atoms. The molecular weight excluding hydrogens is 380 g/mol. The molecule has 0 saturated carbocycles. The maximum Gasteiger partial charge on any atom is 0.233 e. The van der Waals surface area contributed by atoms with Gasteiger partial charge in [-0.25, -0.2) is 5.06 Å². The SMILES string of the molecule is CCCCC(Cc1ccc(O)cc1)(C1CCNC1=O)N(C=O)OCc1ccccc1. The first-order valence-corrected chi connectivity index (χ1v) is 10.6. The van der Waals surface area contributed by atoms with Crippen LogP contribution in [0.25, 0.3) is 0 Å². The van der Waals surface area contributed by atoms with Gasteiger partial charge in [-0.2, -0.15) is 0 Å².